The van der Waals surface area contributed by atoms with Crippen LogP contribution < -0.4 is 0 Å². The zero-order chi connectivity index (χ0) is 16.4. The lowest BCUT2D eigenvalue weighted by Crippen LogP contribution is -2.39. The average Bonchev–Trinajstić information content (AvgIpc) is 3.04. The van der Waals surface area contributed by atoms with Crippen molar-refractivity contribution in [3.63, 3.8) is 0 Å². The van der Waals surface area contributed by atoms with E-state index < -0.39 is 0 Å². The van der Waals surface area contributed by atoms with Crippen LogP contribution in [0.3, 0.4) is 0 Å². The van der Waals surface area contributed by atoms with Gasteiger partial charge in [0.15, 0.2) is 11.0 Å². The highest BCUT2D eigenvalue weighted by Gasteiger charge is 2.23. The third kappa shape index (κ3) is 3.50. The molecule has 1 fully saturated rings. The maximum absolute atomic E-state index is 4.45. The van der Waals surface area contributed by atoms with Crippen molar-refractivity contribution in [1.82, 2.24) is 24.6 Å². The first-order chi connectivity index (χ1) is 11.8. The Hall–Kier alpha value is -1.37. The topological polar surface area (TPSA) is 37.2 Å². The number of piperidine rings is 1. The molecule has 0 spiro atoms. The number of nitrogens with zero attached hydrogens (tertiary/aromatic N) is 5. The van der Waals surface area contributed by atoms with Crippen LogP contribution in [0.25, 0.3) is 11.4 Å². The third-order valence-corrected chi connectivity index (χ3v) is 5.95. The second kappa shape index (κ2) is 7.25. The third-order valence-electron chi connectivity index (χ3n) is 4.89. The molecule has 24 heavy (non-hydrogen) atoms. The molecule has 6 heteroatoms. The lowest BCUT2D eigenvalue weighted by atomic mass is 10.1. The van der Waals surface area contributed by atoms with Gasteiger partial charge in [0.2, 0.25) is 0 Å². The van der Waals surface area contributed by atoms with Gasteiger partial charge in [-0.1, -0.05) is 41.9 Å². The van der Waals surface area contributed by atoms with Crippen molar-refractivity contribution in [2.75, 3.05) is 32.1 Å². The van der Waals surface area contributed by atoms with Gasteiger partial charge in [0.05, 0.1) is 12.5 Å². The Kier molecular flexibility index (Phi) is 4.87. The van der Waals surface area contributed by atoms with Crippen LogP contribution in [-0.4, -0.2) is 56.6 Å². The van der Waals surface area contributed by atoms with E-state index in [1.165, 1.54) is 44.5 Å². The molecule has 2 aromatic rings. The van der Waals surface area contributed by atoms with Crippen molar-refractivity contribution in [3.8, 4) is 11.4 Å². The highest BCUT2D eigenvalue weighted by molar-refractivity contribution is 7.99. The first kappa shape index (κ1) is 16.1. The smallest absolute Gasteiger partial charge is 0.193 e. The number of fused-ring (bicyclic) bond motifs is 1. The van der Waals surface area contributed by atoms with E-state index in [2.05, 4.69) is 55.8 Å². The van der Waals surface area contributed by atoms with Crippen molar-refractivity contribution in [3.05, 3.63) is 29.8 Å². The van der Waals surface area contributed by atoms with E-state index in [9.17, 15) is 0 Å². The van der Waals surface area contributed by atoms with Crippen LogP contribution in [0, 0.1) is 6.92 Å². The molecule has 0 aliphatic carbocycles. The molecule has 128 valence electrons. The Morgan fingerprint density at radius 2 is 1.88 bits per heavy atom. The Bertz CT molecular complexity index is 692. The van der Waals surface area contributed by atoms with E-state index in [4.69, 9.17) is 0 Å². The standard InChI is InChI=1S/C18H25N5S/c1-15-6-5-7-16(12-15)17-19-20-18-23(17)13-22(14-24-18)11-10-21-8-3-2-4-9-21/h5-7,12H,2-4,8-11,13-14H2,1H3. The summed E-state index contributed by atoms with van der Waals surface area (Å²) in [5, 5.41) is 9.88. The molecule has 1 saturated heterocycles. The summed E-state index contributed by atoms with van der Waals surface area (Å²) in [6.45, 7) is 7.86. The van der Waals surface area contributed by atoms with E-state index in [0.29, 0.717) is 0 Å². The predicted octanol–water partition coefficient (Wildman–Crippen LogP) is 3.06. The van der Waals surface area contributed by atoms with Gasteiger partial charge in [0.1, 0.15) is 0 Å². The maximum Gasteiger partial charge on any atom is 0.193 e. The first-order valence-corrected chi connectivity index (χ1v) is 9.86. The number of thioether (sulfide) groups is 1. The number of hydrogen-bond donors (Lipinski definition) is 0. The predicted molar refractivity (Wildman–Crippen MR) is 97.9 cm³/mol. The number of hydrogen-bond acceptors (Lipinski definition) is 5. The van der Waals surface area contributed by atoms with Gasteiger partial charge < -0.3 is 4.90 Å². The summed E-state index contributed by atoms with van der Waals surface area (Å²) in [7, 11) is 0. The Balaban J connectivity index is 1.45. The zero-order valence-electron chi connectivity index (χ0n) is 14.3. The van der Waals surface area contributed by atoms with Crippen molar-refractivity contribution in [1.29, 1.82) is 0 Å². The Morgan fingerprint density at radius 1 is 1.04 bits per heavy atom. The molecule has 0 bridgehead atoms. The molecular formula is C18H25N5S. The molecule has 2 aliphatic heterocycles. The Labute approximate surface area is 148 Å². The molecule has 5 nitrogen and oxygen atoms in total. The van der Waals surface area contributed by atoms with E-state index in [1.807, 2.05) is 0 Å². The zero-order valence-corrected chi connectivity index (χ0v) is 15.1. The summed E-state index contributed by atoms with van der Waals surface area (Å²) >= 11 is 1.80. The van der Waals surface area contributed by atoms with Gasteiger partial charge in [-0.3, -0.25) is 9.47 Å². The fourth-order valence-corrected chi connectivity index (χ4v) is 4.42. The van der Waals surface area contributed by atoms with Gasteiger partial charge >= 0.3 is 0 Å². The van der Waals surface area contributed by atoms with Crippen molar-refractivity contribution in [2.24, 2.45) is 0 Å². The van der Waals surface area contributed by atoms with Gasteiger partial charge in [-0.2, -0.15) is 0 Å². The minimum absolute atomic E-state index is 0.895. The highest BCUT2D eigenvalue weighted by atomic mass is 32.2. The van der Waals surface area contributed by atoms with Crippen molar-refractivity contribution < 1.29 is 0 Å². The minimum Gasteiger partial charge on any atom is -0.302 e. The first-order valence-electron chi connectivity index (χ1n) is 8.87. The SMILES string of the molecule is Cc1cccc(-c2nnc3n2CN(CCN2CCCCC2)CS3)c1. The second-order valence-corrected chi connectivity index (χ2v) is 7.73. The lowest BCUT2D eigenvalue weighted by molar-refractivity contribution is 0.169. The van der Waals surface area contributed by atoms with E-state index in [1.54, 1.807) is 11.8 Å². The second-order valence-electron chi connectivity index (χ2n) is 6.82. The molecule has 0 atom stereocenters. The maximum atomic E-state index is 4.45. The molecule has 3 heterocycles. The van der Waals surface area contributed by atoms with Crippen LogP contribution in [0.5, 0.6) is 0 Å². The van der Waals surface area contributed by atoms with Crippen LogP contribution in [0.1, 0.15) is 24.8 Å². The summed E-state index contributed by atoms with van der Waals surface area (Å²) in [6.07, 6.45) is 4.13. The highest BCUT2D eigenvalue weighted by Crippen LogP contribution is 2.29. The fraction of sp³-hybridized carbons (Fsp3) is 0.556. The van der Waals surface area contributed by atoms with Gasteiger partial charge in [-0.15, -0.1) is 10.2 Å². The Morgan fingerprint density at radius 3 is 2.71 bits per heavy atom. The molecular weight excluding hydrogens is 318 g/mol. The lowest BCUT2D eigenvalue weighted by Gasteiger charge is -2.32. The molecule has 2 aliphatic rings. The summed E-state index contributed by atoms with van der Waals surface area (Å²) in [6, 6.07) is 8.53. The van der Waals surface area contributed by atoms with Gasteiger partial charge in [-0.25, -0.2) is 0 Å². The van der Waals surface area contributed by atoms with Gasteiger partial charge in [0, 0.05) is 18.7 Å². The molecule has 4 rings (SSSR count). The average molecular weight is 344 g/mol. The molecule has 1 aromatic carbocycles. The van der Waals surface area contributed by atoms with Crippen LogP contribution >= 0.6 is 11.8 Å². The van der Waals surface area contributed by atoms with Gasteiger partial charge in [-0.05, 0) is 38.9 Å². The minimum atomic E-state index is 0.895. The quantitative estimate of drug-likeness (QED) is 0.853. The molecule has 1 aromatic heterocycles. The van der Waals surface area contributed by atoms with Gasteiger partial charge in [0.25, 0.3) is 0 Å². The molecule has 0 amide bonds. The number of rotatable bonds is 4. The van der Waals surface area contributed by atoms with E-state index in [-0.39, 0.29) is 0 Å². The number of benzene rings is 1. The fourth-order valence-electron chi connectivity index (χ4n) is 3.51. The normalized spacial score (nSPS) is 19.4. The summed E-state index contributed by atoms with van der Waals surface area (Å²) < 4.78 is 2.26. The van der Waals surface area contributed by atoms with Crippen molar-refractivity contribution in [2.45, 2.75) is 38.0 Å². The summed E-state index contributed by atoms with van der Waals surface area (Å²) in [5.74, 6) is 2.00. The van der Waals surface area contributed by atoms with Crippen molar-refractivity contribution >= 4 is 11.8 Å². The van der Waals surface area contributed by atoms with E-state index in [0.717, 1.165) is 35.6 Å². The number of aryl methyl sites for hydroxylation is 1. The number of likely N-dealkylation sites (tertiary alicyclic amines) is 1. The van der Waals surface area contributed by atoms with Crippen LogP contribution in [0.4, 0.5) is 0 Å². The van der Waals surface area contributed by atoms with Crippen LogP contribution in [0.15, 0.2) is 29.4 Å². The largest absolute Gasteiger partial charge is 0.302 e. The summed E-state index contributed by atoms with van der Waals surface area (Å²) in [5.41, 5.74) is 2.42. The van der Waals surface area contributed by atoms with Crippen LogP contribution in [-0.2, 0) is 6.67 Å². The van der Waals surface area contributed by atoms with Crippen LogP contribution in [0.2, 0.25) is 0 Å². The molecule has 0 unspecified atom stereocenters. The summed E-state index contributed by atoms with van der Waals surface area (Å²) in [4.78, 5) is 5.12. The monoisotopic (exact) mass is 343 g/mol. The molecule has 0 saturated carbocycles. The molecule has 0 radical (unpaired) electrons. The van der Waals surface area contributed by atoms with E-state index >= 15 is 0 Å². The number of aromatic nitrogens is 3. The molecule has 0 N–H and O–H groups in total.